The van der Waals surface area contributed by atoms with E-state index in [1.807, 2.05) is 37.3 Å². The predicted molar refractivity (Wildman–Crippen MR) is 64.7 cm³/mol. The molecule has 1 unspecified atom stereocenters. The van der Waals surface area contributed by atoms with Gasteiger partial charge < -0.3 is 10.1 Å². The molecule has 0 aliphatic carbocycles. The number of hydrogen-bond donors (Lipinski definition) is 1. The lowest BCUT2D eigenvalue weighted by atomic mass is 10.2. The van der Waals surface area contributed by atoms with Gasteiger partial charge in [0, 0.05) is 13.2 Å². The van der Waals surface area contributed by atoms with E-state index < -0.39 is 0 Å². The van der Waals surface area contributed by atoms with Gasteiger partial charge in [0.1, 0.15) is 6.23 Å². The average Bonchev–Trinajstić information content (AvgIpc) is 2.34. The van der Waals surface area contributed by atoms with Crippen LogP contribution in [0.1, 0.15) is 18.9 Å². The standard InChI is InChI=1S/C13H17NO2/c1-3-13(16-2)14-12(15)10-9-11-7-5-4-6-8-11/h4-10,13H,3H2,1-2H3,(H,14,15)/b10-9+. The van der Waals surface area contributed by atoms with Crippen molar-refractivity contribution < 1.29 is 9.53 Å². The predicted octanol–water partition coefficient (Wildman–Crippen LogP) is 2.20. The first kappa shape index (κ1) is 12.5. The number of amides is 1. The Kier molecular flexibility index (Phi) is 5.29. The summed E-state index contributed by atoms with van der Waals surface area (Å²) in [6.07, 6.45) is 3.82. The molecule has 0 spiro atoms. The van der Waals surface area contributed by atoms with Gasteiger partial charge in [-0.2, -0.15) is 0 Å². The van der Waals surface area contributed by atoms with Crippen LogP contribution in [0.2, 0.25) is 0 Å². The molecule has 0 aliphatic heterocycles. The van der Waals surface area contributed by atoms with Crippen LogP contribution in [0.5, 0.6) is 0 Å². The minimum atomic E-state index is -0.215. The molecule has 0 aromatic heterocycles. The molecule has 16 heavy (non-hydrogen) atoms. The van der Waals surface area contributed by atoms with Crippen molar-refractivity contribution in [1.82, 2.24) is 5.32 Å². The topological polar surface area (TPSA) is 38.3 Å². The van der Waals surface area contributed by atoms with Crippen LogP contribution < -0.4 is 5.32 Å². The van der Waals surface area contributed by atoms with E-state index in [4.69, 9.17) is 4.74 Å². The Hall–Kier alpha value is -1.61. The summed E-state index contributed by atoms with van der Waals surface area (Å²) in [4.78, 5) is 11.5. The second-order valence-electron chi connectivity index (χ2n) is 3.39. The molecule has 1 N–H and O–H groups in total. The Morgan fingerprint density at radius 2 is 2.12 bits per heavy atom. The number of nitrogens with one attached hydrogen (secondary N) is 1. The zero-order valence-corrected chi connectivity index (χ0v) is 9.64. The summed E-state index contributed by atoms with van der Waals surface area (Å²) in [6.45, 7) is 1.95. The van der Waals surface area contributed by atoms with Crippen molar-refractivity contribution in [3.63, 3.8) is 0 Å². The number of ether oxygens (including phenoxy) is 1. The van der Waals surface area contributed by atoms with Gasteiger partial charge in [0.05, 0.1) is 0 Å². The number of carbonyl (C=O) groups is 1. The molecule has 1 amide bonds. The summed E-state index contributed by atoms with van der Waals surface area (Å²) in [5.74, 6) is -0.141. The molecule has 1 rings (SSSR count). The molecule has 3 heteroatoms. The van der Waals surface area contributed by atoms with Crippen LogP contribution in [0.4, 0.5) is 0 Å². The van der Waals surface area contributed by atoms with E-state index in [9.17, 15) is 4.79 Å². The van der Waals surface area contributed by atoms with Crippen LogP contribution >= 0.6 is 0 Å². The molecule has 1 atom stereocenters. The van der Waals surface area contributed by atoms with Gasteiger partial charge in [-0.15, -0.1) is 0 Å². The molecule has 0 radical (unpaired) electrons. The van der Waals surface area contributed by atoms with Gasteiger partial charge in [-0.1, -0.05) is 37.3 Å². The SMILES string of the molecule is CCC(NC(=O)/C=C/c1ccccc1)OC. The summed E-state index contributed by atoms with van der Waals surface area (Å²) < 4.78 is 5.06. The monoisotopic (exact) mass is 219 g/mol. The molecular formula is C13H17NO2. The lowest BCUT2D eigenvalue weighted by Gasteiger charge is -2.12. The van der Waals surface area contributed by atoms with E-state index in [0.717, 1.165) is 12.0 Å². The van der Waals surface area contributed by atoms with Gasteiger partial charge in [0.25, 0.3) is 0 Å². The maximum atomic E-state index is 11.5. The lowest BCUT2D eigenvalue weighted by molar-refractivity contribution is -0.120. The van der Waals surface area contributed by atoms with Crippen molar-refractivity contribution in [3.8, 4) is 0 Å². The van der Waals surface area contributed by atoms with Crippen molar-refractivity contribution in [2.45, 2.75) is 19.6 Å². The molecule has 0 saturated heterocycles. The molecule has 0 saturated carbocycles. The first-order valence-corrected chi connectivity index (χ1v) is 5.32. The number of rotatable bonds is 5. The third-order valence-electron chi connectivity index (χ3n) is 2.19. The van der Waals surface area contributed by atoms with Gasteiger partial charge >= 0.3 is 0 Å². The summed E-state index contributed by atoms with van der Waals surface area (Å²) in [5.41, 5.74) is 1.00. The third-order valence-corrected chi connectivity index (χ3v) is 2.19. The van der Waals surface area contributed by atoms with E-state index in [1.165, 1.54) is 6.08 Å². The smallest absolute Gasteiger partial charge is 0.245 e. The largest absolute Gasteiger partial charge is 0.362 e. The van der Waals surface area contributed by atoms with Gasteiger partial charge in [-0.3, -0.25) is 4.79 Å². The Bertz CT molecular complexity index is 342. The highest BCUT2D eigenvalue weighted by Gasteiger charge is 2.05. The van der Waals surface area contributed by atoms with Crippen molar-refractivity contribution in [2.75, 3.05) is 7.11 Å². The molecular weight excluding hydrogens is 202 g/mol. The highest BCUT2D eigenvalue weighted by atomic mass is 16.5. The fraction of sp³-hybridized carbons (Fsp3) is 0.308. The first-order chi connectivity index (χ1) is 7.76. The van der Waals surface area contributed by atoms with E-state index in [0.29, 0.717) is 0 Å². The summed E-state index contributed by atoms with van der Waals surface area (Å²) in [7, 11) is 1.58. The molecule has 0 heterocycles. The number of benzene rings is 1. The van der Waals surface area contributed by atoms with Gasteiger partial charge in [0.2, 0.25) is 5.91 Å². The highest BCUT2D eigenvalue weighted by molar-refractivity contribution is 5.91. The van der Waals surface area contributed by atoms with Crippen molar-refractivity contribution >= 4 is 12.0 Å². The van der Waals surface area contributed by atoms with E-state index in [2.05, 4.69) is 5.32 Å². The van der Waals surface area contributed by atoms with Crippen LogP contribution in [-0.2, 0) is 9.53 Å². The Balaban J connectivity index is 2.48. The average molecular weight is 219 g/mol. The molecule has 0 bridgehead atoms. The minimum Gasteiger partial charge on any atom is -0.362 e. The van der Waals surface area contributed by atoms with Crippen LogP contribution in [0.15, 0.2) is 36.4 Å². The maximum Gasteiger partial charge on any atom is 0.245 e. The Morgan fingerprint density at radius 3 is 2.69 bits per heavy atom. The van der Waals surface area contributed by atoms with Crippen LogP contribution in [0.3, 0.4) is 0 Å². The summed E-state index contributed by atoms with van der Waals surface area (Å²) >= 11 is 0. The molecule has 0 fully saturated rings. The van der Waals surface area contributed by atoms with E-state index >= 15 is 0 Å². The van der Waals surface area contributed by atoms with Crippen molar-refractivity contribution in [3.05, 3.63) is 42.0 Å². The Morgan fingerprint density at radius 1 is 1.44 bits per heavy atom. The fourth-order valence-corrected chi connectivity index (χ4v) is 1.27. The quantitative estimate of drug-likeness (QED) is 0.609. The van der Waals surface area contributed by atoms with Crippen LogP contribution in [-0.4, -0.2) is 19.2 Å². The minimum absolute atomic E-state index is 0.141. The van der Waals surface area contributed by atoms with Crippen LogP contribution in [0.25, 0.3) is 6.08 Å². The van der Waals surface area contributed by atoms with E-state index in [1.54, 1.807) is 13.2 Å². The normalized spacial score (nSPS) is 12.6. The molecule has 86 valence electrons. The zero-order chi connectivity index (χ0) is 11.8. The first-order valence-electron chi connectivity index (χ1n) is 5.32. The zero-order valence-electron chi connectivity index (χ0n) is 9.64. The van der Waals surface area contributed by atoms with Crippen molar-refractivity contribution in [2.24, 2.45) is 0 Å². The highest BCUT2D eigenvalue weighted by Crippen LogP contribution is 2.00. The maximum absolute atomic E-state index is 11.5. The van der Waals surface area contributed by atoms with Gasteiger partial charge in [-0.05, 0) is 18.1 Å². The van der Waals surface area contributed by atoms with Gasteiger partial charge in [0.15, 0.2) is 0 Å². The van der Waals surface area contributed by atoms with Crippen molar-refractivity contribution in [1.29, 1.82) is 0 Å². The molecule has 3 nitrogen and oxygen atoms in total. The summed E-state index contributed by atoms with van der Waals surface area (Å²) in [6, 6.07) is 9.69. The number of methoxy groups -OCH3 is 1. The second kappa shape index (κ2) is 6.80. The number of hydrogen-bond acceptors (Lipinski definition) is 2. The third kappa shape index (κ3) is 4.28. The summed E-state index contributed by atoms with van der Waals surface area (Å²) in [5, 5.41) is 2.74. The molecule has 0 aliphatic rings. The van der Waals surface area contributed by atoms with Gasteiger partial charge in [-0.25, -0.2) is 0 Å². The molecule has 1 aromatic rings. The Labute approximate surface area is 96.1 Å². The lowest BCUT2D eigenvalue weighted by Crippen LogP contribution is -2.34. The van der Waals surface area contributed by atoms with E-state index in [-0.39, 0.29) is 12.1 Å². The fourth-order valence-electron chi connectivity index (χ4n) is 1.27. The number of carbonyl (C=O) groups excluding carboxylic acids is 1. The van der Waals surface area contributed by atoms with Crippen LogP contribution in [0, 0.1) is 0 Å². The second-order valence-corrected chi connectivity index (χ2v) is 3.39. The molecule has 1 aromatic carbocycles.